The predicted octanol–water partition coefficient (Wildman–Crippen LogP) is 4.75. The summed E-state index contributed by atoms with van der Waals surface area (Å²) in [6.07, 6.45) is 3.86. The number of ether oxygens (including phenoxy) is 2. The maximum Gasteiger partial charge on any atom is 0.313 e. The number of carbonyl (C=O) groups excluding carboxylic acids is 1. The monoisotopic (exact) mass is 538 g/mol. The van der Waals surface area contributed by atoms with Gasteiger partial charge in [0.1, 0.15) is 0 Å². The molecule has 0 spiro atoms. The van der Waals surface area contributed by atoms with E-state index in [-0.39, 0.29) is 42.4 Å². The van der Waals surface area contributed by atoms with Crippen molar-refractivity contribution in [3.05, 3.63) is 67.6 Å². The van der Waals surface area contributed by atoms with Crippen molar-refractivity contribution in [2.45, 2.75) is 79.2 Å². The second-order valence-corrected chi connectivity index (χ2v) is 9.91. The minimum Gasteiger partial charge on any atom is -0.503 e. The quantitative estimate of drug-likeness (QED) is 0.226. The molecule has 1 aromatic heterocycles. The van der Waals surface area contributed by atoms with E-state index in [4.69, 9.17) is 22.6 Å². The van der Waals surface area contributed by atoms with Crippen LogP contribution < -0.4 is 5.56 Å². The van der Waals surface area contributed by atoms with Crippen LogP contribution in [-0.2, 0) is 20.8 Å². The number of allylic oxidation sites excluding steroid dienone is 1. The van der Waals surface area contributed by atoms with Gasteiger partial charge in [-0.3, -0.25) is 19.1 Å². The number of nitrogens with zero attached hydrogens (tertiary/aromatic N) is 4. The van der Waals surface area contributed by atoms with Gasteiger partial charge in [0.15, 0.2) is 11.8 Å². The van der Waals surface area contributed by atoms with E-state index < -0.39 is 29.3 Å². The van der Waals surface area contributed by atoms with Crippen LogP contribution in [0.3, 0.4) is 0 Å². The first-order chi connectivity index (χ1) is 18.5. The molecule has 0 saturated heterocycles. The van der Waals surface area contributed by atoms with Gasteiger partial charge in [-0.15, -0.1) is 5.73 Å². The van der Waals surface area contributed by atoms with Crippen molar-refractivity contribution < 1.29 is 24.5 Å². The molecule has 2 N–H and O–H groups in total. The van der Waals surface area contributed by atoms with Crippen molar-refractivity contribution in [3.63, 3.8) is 0 Å². The third kappa shape index (κ3) is 7.61. The summed E-state index contributed by atoms with van der Waals surface area (Å²) in [4.78, 5) is 34.2. The summed E-state index contributed by atoms with van der Waals surface area (Å²) in [6.45, 7) is 27.0. The number of aromatic hydroxyl groups is 1. The molecular formula is C29H38N4O6. The predicted molar refractivity (Wildman–Crippen MR) is 148 cm³/mol. The fraction of sp³-hybridized carbons (Fsp3) is 0.552. The molecule has 0 radical (unpaired) electrons. The van der Waals surface area contributed by atoms with Crippen molar-refractivity contribution in [2.75, 3.05) is 19.8 Å². The zero-order chi connectivity index (χ0) is 29.3. The lowest BCUT2D eigenvalue weighted by Crippen LogP contribution is -2.46. The van der Waals surface area contributed by atoms with Gasteiger partial charge in [0.25, 0.3) is 5.56 Å². The van der Waals surface area contributed by atoms with E-state index in [9.17, 15) is 19.8 Å². The number of hydrogen-bond donors (Lipinski definition) is 2. The van der Waals surface area contributed by atoms with Crippen molar-refractivity contribution >= 4 is 17.7 Å². The summed E-state index contributed by atoms with van der Waals surface area (Å²) < 4.78 is 12.2. The molecule has 39 heavy (non-hydrogen) atoms. The average Bonchev–Trinajstić information content (AvgIpc) is 2.87. The Morgan fingerprint density at radius 1 is 1.03 bits per heavy atom. The van der Waals surface area contributed by atoms with Crippen LogP contribution in [0.2, 0.25) is 0 Å². The van der Waals surface area contributed by atoms with Crippen LogP contribution in [0.25, 0.3) is 15.8 Å². The molecule has 0 fully saturated rings. The average molecular weight is 539 g/mol. The third-order valence-electron chi connectivity index (χ3n) is 6.37. The van der Waals surface area contributed by atoms with E-state index in [0.717, 1.165) is 4.57 Å². The highest BCUT2D eigenvalue weighted by molar-refractivity contribution is 5.87. The first kappa shape index (κ1) is 31.4. The molecule has 210 valence electrons. The Bertz CT molecular complexity index is 1290. The molecule has 1 aromatic rings. The highest BCUT2D eigenvalue weighted by Gasteiger charge is 2.43. The van der Waals surface area contributed by atoms with E-state index in [0.29, 0.717) is 37.2 Å². The number of aliphatic hydroxyl groups excluding tert-OH is 1. The van der Waals surface area contributed by atoms with Gasteiger partial charge in [0, 0.05) is 37.4 Å². The molecule has 0 aromatic carbocycles. The Balaban J connectivity index is 2.46. The highest BCUT2D eigenvalue weighted by Crippen LogP contribution is 2.32. The molecule has 10 nitrogen and oxygen atoms in total. The maximum absolute atomic E-state index is 13.2. The molecule has 0 saturated carbocycles. The van der Waals surface area contributed by atoms with Gasteiger partial charge >= 0.3 is 11.9 Å². The minimum atomic E-state index is -1.01. The fourth-order valence-corrected chi connectivity index (χ4v) is 4.22. The van der Waals surface area contributed by atoms with Crippen LogP contribution in [-0.4, -0.2) is 63.6 Å². The van der Waals surface area contributed by atoms with E-state index >= 15 is 0 Å². The molecule has 2 rings (SSSR count). The number of carbonyl (C=O) groups is 1. The van der Waals surface area contributed by atoms with Crippen LogP contribution >= 0.6 is 0 Å². The van der Waals surface area contributed by atoms with Gasteiger partial charge in [-0.25, -0.2) is 11.4 Å². The third-order valence-corrected chi connectivity index (χ3v) is 6.37. The smallest absolute Gasteiger partial charge is 0.313 e. The fourth-order valence-electron chi connectivity index (χ4n) is 4.22. The van der Waals surface area contributed by atoms with E-state index in [1.807, 2.05) is 27.7 Å². The van der Waals surface area contributed by atoms with Crippen LogP contribution in [0.5, 0.6) is 5.88 Å². The molecule has 2 atom stereocenters. The Kier molecular flexibility index (Phi) is 11.6. The summed E-state index contributed by atoms with van der Waals surface area (Å²) in [7, 11) is 0. The second-order valence-electron chi connectivity index (χ2n) is 9.91. The number of aliphatic hydroxyl groups is 1. The van der Waals surface area contributed by atoms with Crippen molar-refractivity contribution in [1.29, 1.82) is 0 Å². The van der Waals surface area contributed by atoms with Gasteiger partial charge in [-0.05, 0) is 65.2 Å². The molecule has 0 bridgehead atoms. The summed E-state index contributed by atoms with van der Waals surface area (Å²) in [5.41, 5.74) is 3.19. The zero-order valence-corrected chi connectivity index (χ0v) is 23.5. The Morgan fingerprint density at radius 3 is 2.15 bits per heavy atom. The molecule has 1 aliphatic heterocycles. The molecule has 2 heterocycles. The summed E-state index contributed by atoms with van der Waals surface area (Å²) >= 11 is 0. The van der Waals surface area contributed by atoms with Gasteiger partial charge in [-0.1, -0.05) is 6.92 Å². The van der Waals surface area contributed by atoms with E-state index in [1.54, 1.807) is 13.8 Å². The second kappa shape index (κ2) is 14.4. The largest absolute Gasteiger partial charge is 0.503 e. The summed E-state index contributed by atoms with van der Waals surface area (Å²) in [5, 5.41) is 21.5. The van der Waals surface area contributed by atoms with Gasteiger partial charge in [0.2, 0.25) is 5.69 Å². The van der Waals surface area contributed by atoms with E-state index in [2.05, 4.69) is 15.4 Å². The lowest BCUT2D eigenvalue weighted by molar-refractivity contribution is -0.133. The first-order valence-electron chi connectivity index (χ1n) is 13.1. The number of aromatic nitrogens is 1. The van der Waals surface area contributed by atoms with Crippen LogP contribution in [0.1, 0.15) is 58.6 Å². The Hall–Kier alpha value is -3.82. The molecule has 1 amide bonds. The van der Waals surface area contributed by atoms with Crippen LogP contribution in [0, 0.1) is 26.0 Å². The molecule has 1 aliphatic rings. The first-order valence-corrected chi connectivity index (χ1v) is 13.1. The number of hydrogen-bond acceptors (Lipinski definition) is 6. The molecule has 0 aliphatic carbocycles. The molecular weight excluding hydrogens is 500 g/mol. The lowest BCUT2D eigenvalue weighted by Gasteiger charge is -2.31. The van der Waals surface area contributed by atoms with E-state index in [1.165, 1.54) is 17.1 Å². The molecule has 2 unspecified atom stereocenters. The molecule has 10 heteroatoms. The summed E-state index contributed by atoms with van der Waals surface area (Å²) in [5.74, 6) is -1.72. The Labute approximate surface area is 230 Å². The van der Waals surface area contributed by atoms with Gasteiger partial charge < -0.3 is 24.5 Å². The lowest BCUT2D eigenvalue weighted by atomic mass is 9.89. The van der Waals surface area contributed by atoms with Crippen molar-refractivity contribution in [3.8, 4) is 5.88 Å². The number of rotatable bonds is 12. The minimum absolute atomic E-state index is 0.0331. The van der Waals surface area contributed by atoms with Gasteiger partial charge in [-0.2, -0.15) is 0 Å². The number of amides is 1. The van der Waals surface area contributed by atoms with Gasteiger partial charge in [0.05, 0.1) is 24.7 Å². The normalized spacial score (nSPS) is 17.3. The van der Waals surface area contributed by atoms with Crippen LogP contribution in [0.4, 0.5) is 5.69 Å². The Morgan fingerprint density at radius 2 is 1.62 bits per heavy atom. The van der Waals surface area contributed by atoms with Crippen molar-refractivity contribution in [2.24, 2.45) is 5.92 Å². The SMILES string of the molecule is [C-]#[N+]c1c(C)c(C=C=CC2=C(O)N(CCCOC(C)C)C(=O)C([N+]#[C-])C2C)c(=O)n(CCCOC(C)C)c1O. The standard InChI is InChI=1S/C29H38N4O6/c1-18(2)38-16-10-14-32-26(34)22(20(5)24(30-7)28(32)36)12-9-13-23-21(6)25(31-8)29(37)33(27(23)35)15-11-17-39-19(3)4/h12-13,18-20,24,34,37H,10-11,14-17H2,1-6H3. The summed E-state index contributed by atoms with van der Waals surface area (Å²) in [6, 6.07) is -1.01. The topological polar surface area (TPSA) is 110 Å². The van der Waals surface area contributed by atoms with Crippen LogP contribution in [0.15, 0.2) is 28.1 Å². The van der Waals surface area contributed by atoms with Crippen molar-refractivity contribution in [1.82, 2.24) is 9.47 Å². The number of pyridine rings is 1. The maximum atomic E-state index is 13.2. The highest BCUT2D eigenvalue weighted by atomic mass is 16.5. The zero-order valence-electron chi connectivity index (χ0n) is 23.5.